The number of ether oxygens (including phenoxy) is 1. The highest BCUT2D eigenvalue weighted by Crippen LogP contribution is 2.13. The molecule has 0 saturated carbocycles. The summed E-state index contributed by atoms with van der Waals surface area (Å²) in [4.78, 5) is 14.0. The van der Waals surface area contributed by atoms with Gasteiger partial charge in [0.25, 0.3) is 5.91 Å². The van der Waals surface area contributed by atoms with E-state index in [9.17, 15) is 4.79 Å². The molecule has 1 heterocycles. The molecule has 1 saturated heterocycles. The third-order valence-corrected chi connectivity index (χ3v) is 3.40. The fraction of sp³-hybridized carbons (Fsp3) is 0.533. The van der Waals surface area contributed by atoms with Crippen molar-refractivity contribution in [2.24, 2.45) is 0 Å². The van der Waals surface area contributed by atoms with Crippen molar-refractivity contribution in [2.75, 3.05) is 26.3 Å². The van der Waals surface area contributed by atoms with E-state index in [4.69, 9.17) is 9.84 Å². The molecule has 1 fully saturated rings. The minimum Gasteiger partial charge on any atom is -0.396 e. The zero-order valence-corrected chi connectivity index (χ0v) is 11.1. The number of carbonyl (C=O) groups excluding carboxylic acids is 1. The number of carbonyl (C=O) groups is 1. The van der Waals surface area contributed by atoms with Gasteiger partial charge in [0.15, 0.2) is 0 Å². The quantitative estimate of drug-likeness (QED) is 0.840. The van der Waals surface area contributed by atoms with Gasteiger partial charge in [-0.05, 0) is 24.8 Å². The maximum atomic E-state index is 12.2. The highest BCUT2D eigenvalue weighted by Gasteiger charge is 2.28. The Balaban J connectivity index is 1.84. The zero-order chi connectivity index (χ0) is 13.5. The molecule has 1 atom stereocenters. The predicted octanol–water partition coefficient (Wildman–Crippen LogP) is 1.23. The first-order chi connectivity index (χ1) is 9.31. The van der Waals surface area contributed by atoms with E-state index in [0.29, 0.717) is 26.0 Å². The number of aliphatic hydroxyl groups is 1. The Bertz CT molecular complexity index is 394. The molecule has 0 bridgehead atoms. The van der Waals surface area contributed by atoms with Gasteiger partial charge in [0, 0.05) is 19.7 Å². The fourth-order valence-electron chi connectivity index (χ4n) is 2.30. The van der Waals surface area contributed by atoms with Crippen LogP contribution in [0.2, 0.25) is 0 Å². The molecule has 1 aliphatic rings. The molecular formula is C15H21NO3. The molecule has 0 spiro atoms. The Labute approximate surface area is 114 Å². The van der Waals surface area contributed by atoms with Crippen molar-refractivity contribution in [2.45, 2.75) is 25.4 Å². The summed E-state index contributed by atoms with van der Waals surface area (Å²) in [5, 5.41) is 8.82. The molecule has 4 nitrogen and oxygen atoms in total. The number of aliphatic hydroxyl groups excluding tert-OH is 1. The van der Waals surface area contributed by atoms with E-state index < -0.39 is 0 Å². The summed E-state index contributed by atoms with van der Waals surface area (Å²) in [6.07, 6.45) is 1.73. The van der Waals surface area contributed by atoms with Crippen LogP contribution in [-0.2, 0) is 16.0 Å². The Morgan fingerprint density at radius 1 is 1.32 bits per heavy atom. The maximum absolute atomic E-state index is 12.2. The third-order valence-electron chi connectivity index (χ3n) is 3.40. The highest BCUT2D eigenvalue weighted by molar-refractivity contribution is 5.81. The summed E-state index contributed by atoms with van der Waals surface area (Å²) in [7, 11) is 0. The van der Waals surface area contributed by atoms with Crippen LogP contribution in [0.3, 0.4) is 0 Å². The van der Waals surface area contributed by atoms with Crippen LogP contribution >= 0.6 is 0 Å². The molecule has 1 N–H and O–H groups in total. The Kier molecular flexibility index (Phi) is 5.36. The molecule has 0 radical (unpaired) electrons. The minimum atomic E-state index is -0.364. The van der Waals surface area contributed by atoms with Crippen molar-refractivity contribution in [1.29, 1.82) is 0 Å². The van der Waals surface area contributed by atoms with E-state index in [1.54, 1.807) is 0 Å². The lowest BCUT2D eigenvalue weighted by atomic mass is 10.1. The van der Waals surface area contributed by atoms with Crippen molar-refractivity contribution in [3.63, 3.8) is 0 Å². The fourth-order valence-corrected chi connectivity index (χ4v) is 2.30. The number of nitrogens with zero attached hydrogens (tertiary/aromatic N) is 1. The largest absolute Gasteiger partial charge is 0.396 e. The smallest absolute Gasteiger partial charge is 0.251 e. The van der Waals surface area contributed by atoms with Crippen molar-refractivity contribution in [3.8, 4) is 0 Å². The standard InChI is InChI=1S/C15H21NO3/c17-11-4-7-14-15(18)16(10-12-19-14)9-8-13-5-2-1-3-6-13/h1-3,5-6,14,17H,4,7-12H2. The van der Waals surface area contributed by atoms with Gasteiger partial charge in [-0.25, -0.2) is 0 Å². The van der Waals surface area contributed by atoms with Gasteiger partial charge in [0.1, 0.15) is 6.10 Å². The van der Waals surface area contributed by atoms with Crippen LogP contribution in [-0.4, -0.2) is 48.3 Å². The van der Waals surface area contributed by atoms with Crippen LogP contribution in [0, 0.1) is 0 Å². The number of benzene rings is 1. The maximum Gasteiger partial charge on any atom is 0.251 e. The monoisotopic (exact) mass is 263 g/mol. The SMILES string of the molecule is O=C1C(CCCO)OCCN1CCc1ccccc1. The van der Waals surface area contributed by atoms with Crippen LogP contribution in [0.25, 0.3) is 0 Å². The number of amides is 1. The van der Waals surface area contributed by atoms with Crippen LogP contribution in [0.4, 0.5) is 0 Å². The summed E-state index contributed by atoms with van der Waals surface area (Å²) in [5.41, 5.74) is 1.24. The summed E-state index contributed by atoms with van der Waals surface area (Å²) in [6.45, 7) is 2.11. The average molecular weight is 263 g/mol. The molecule has 1 aromatic rings. The summed E-state index contributed by atoms with van der Waals surface area (Å²) >= 11 is 0. The highest BCUT2D eigenvalue weighted by atomic mass is 16.5. The number of morpholine rings is 1. The van der Waals surface area contributed by atoms with Crippen LogP contribution in [0.15, 0.2) is 30.3 Å². The topological polar surface area (TPSA) is 49.8 Å². The summed E-state index contributed by atoms with van der Waals surface area (Å²) in [6, 6.07) is 10.2. The molecular weight excluding hydrogens is 242 g/mol. The molecule has 1 aromatic carbocycles. The summed E-state index contributed by atoms with van der Waals surface area (Å²) in [5.74, 6) is 0.0654. The molecule has 2 rings (SSSR count). The Hall–Kier alpha value is -1.39. The van der Waals surface area contributed by atoms with E-state index in [1.807, 2.05) is 23.1 Å². The van der Waals surface area contributed by atoms with Gasteiger partial charge in [-0.1, -0.05) is 30.3 Å². The first-order valence-electron chi connectivity index (χ1n) is 6.86. The summed E-state index contributed by atoms with van der Waals surface area (Å²) < 4.78 is 5.47. The average Bonchev–Trinajstić information content (AvgIpc) is 2.46. The Morgan fingerprint density at radius 3 is 2.84 bits per heavy atom. The van der Waals surface area contributed by atoms with E-state index in [0.717, 1.165) is 13.0 Å². The van der Waals surface area contributed by atoms with Crippen molar-refractivity contribution >= 4 is 5.91 Å². The van der Waals surface area contributed by atoms with Crippen molar-refractivity contribution in [1.82, 2.24) is 4.90 Å². The normalized spacial score (nSPS) is 19.7. The third kappa shape index (κ3) is 4.04. The van der Waals surface area contributed by atoms with E-state index in [2.05, 4.69) is 12.1 Å². The van der Waals surface area contributed by atoms with Gasteiger partial charge in [-0.3, -0.25) is 4.79 Å². The van der Waals surface area contributed by atoms with Gasteiger partial charge < -0.3 is 14.7 Å². The second-order valence-corrected chi connectivity index (χ2v) is 4.79. The lowest BCUT2D eigenvalue weighted by molar-refractivity contribution is -0.153. The molecule has 4 heteroatoms. The molecule has 1 unspecified atom stereocenters. The van der Waals surface area contributed by atoms with E-state index in [-0.39, 0.29) is 18.6 Å². The van der Waals surface area contributed by atoms with Crippen LogP contribution in [0.5, 0.6) is 0 Å². The molecule has 19 heavy (non-hydrogen) atoms. The van der Waals surface area contributed by atoms with Crippen LogP contribution in [0.1, 0.15) is 18.4 Å². The second-order valence-electron chi connectivity index (χ2n) is 4.79. The molecule has 0 aliphatic carbocycles. The first-order valence-corrected chi connectivity index (χ1v) is 6.86. The van der Waals surface area contributed by atoms with Gasteiger partial charge in [0.05, 0.1) is 6.61 Å². The number of hydrogen-bond donors (Lipinski definition) is 1. The van der Waals surface area contributed by atoms with Gasteiger partial charge in [-0.2, -0.15) is 0 Å². The number of hydrogen-bond acceptors (Lipinski definition) is 3. The van der Waals surface area contributed by atoms with Gasteiger partial charge >= 0.3 is 0 Å². The lowest BCUT2D eigenvalue weighted by Gasteiger charge is -2.32. The van der Waals surface area contributed by atoms with Gasteiger partial charge in [0.2, 0.25) is 0 Å². The zero-order valence-electron chi connectivity index (χ0n) is 11.1. The van der Waals surface area contributed by atoms with E-state index >= 15 is 0 Å². The lowest BCUT2D eigenvalue weighted by Crippen LogP contribution is -2.48. The van der Waals surface area contributed by atoms with Crippen molar-refractivity contribution in [3.05, 3.63) is 35.9 Å². The van der Waals surface area contributed by atoms with Crippen molar-refractivity contribution < 1.29 is 14.6 Å². The molecule has 0 aromatic heterocycles. The second kappa shape index (κ2) is 7.26. The van der Waals surface area contributed by atoms with Gasteiger partial charge in [-0.15, -0.1) is 0 Å². The molecule has 1 amide bonds. The molecule has 104 valence electrons. The minimum absolute atomic E-state index is 0.0654. The molecule has 1 aliphatic heterocycles. The van der Waals surface area contributed by atoms with Crippen LogP contribution < -0.4 is 0 Å². The predicted molar refractivity (Wildman–Crippen MR) is 72.8 cm³/mol. The first kappa shape index (κ1) is 14.0. The number of rotatable bonds is 6. The Morgan fingerprint density at radius 2 is 2.11 bits per heavy atom. The van der Waals surface area contributed by atoms with E-state index in [1.165, 1.54) is 5.56 Å².